The molecule has 0 aliphatic carbocycles. The van der Waals surface area contributed by atoms with Gasteiger partial charge in [-0.05, 0) is 13.8 Å². The lowest BCUT2D eigenvalue weighted by Crippen LogP contribution is -2.28. The number of hydrogen-bond acceptors (Lipinski definition) is 6. The van der Waals surface area contributed by atoms with Gasteiger partial charge in [-0.3, -0.25) is 4.79 Å². The molecule has 0 bridgehead atoms. The third-order valence-electron chi connectivity index (χ3n) is 2.15. The first kappa shape index (κ1) is 16.9. The molecule has 6 heteroatoms. The van der Waals surface area contributed by atoms with Crippen LogP contribution in [0.15, 0.2) is 0 Å². The molecule has 0 aliphatic heterocycles. The van der Waals surface area contributed by atoms with Gasteiger partial charge in [-0.25, -0.2) is 4.79 Å². The van der Waals surface area contributed by atoms with Crippen LogP contribution in [0.2, 0.25) is 0 Å². The zero-order chi connectivity index (χ0) is 14.0. The first-order chi connectivity index (χ1) is 8.51. The highest BCUT2D eigenvalue weighted by molar-refractivity contribution is 5.74. The summed E-state index contributed by atoms with van der Waals surface area (Å²) < 4.78 is 14.8. The van der Waals surface area contributed by atoms with E-state index in [1.165, 1.54) is 0 Å². The van der Waals surface area contributed by atoms with Crippen molar-refractivity contribution in [3.8, 4) is 0 Å². The van der Waals surface area contributed by atoms with Gasteiger partial charge >= 0.3 is 11.9 Å². The molecule has 0 aromatic carbocycles. The summed E-state index contributed by atoms with van der Waals surface area (Å²) in [6.07, 6.45) is -1.01. The summed E-state index contributed by atoms with van der Waals surface area (Å²) in [4.78, 5) is 22.0. The molecule has 0 aliphatic rings. The van der Waals surface area contributed by atoms with Crippen molar-refractivity contribution in [2.24, 2.45) is 0 Å². The van der Waals surface area contributed by atoms with Crippen molar-refractivity contribution in [1.82, 2.24) is 0 Å². The van der Waals surface area contributed by atoms with Gasteiger partial charge in [-0.15, -0.1) is 0 Å². The lowest BCUT2D eigenvalue weighted by molar-refractivity contribution is -0.155. The maximum absolute atomic E-state index is 11.1. The Labute approximate surface area is 107 Å². The summed E-state index contributed by atoms with van der Waals surface area (Å²) in [7, 11) is 0. The summed E-state index contributed by atoms with van der Waals surface area (Å²) in [5.74, 6) is -0.928. The minimum atomic E-state index is -1.18. The zero-order valence-electron chi connectivity index (χ0n) is 11.2. The molecule has 2 atom stereocenters. The van der Waals surface area contributed by atoms with Crippen LogP contribution in [-0.4, -0.2) is 49.1 Å². The zero-order valence-corrected chi connectivity index (χ0v) is 11.2. The third-order valence-corrected chi connectivity index (χ3v) is 2.15. The van der Waals surface area contributed by atoms with E-state index in [9.17, 15) is 14.7 Å². The number of aliphatic hydroxyl groups excluding tert-OH is 1. The standard InChI is InChI=1S/C12H22O6/c1-4-11(14)18-7-6-17-9(3)8-10(13)12(15)16-5-2/h9-10,13H,4-8H2,1-3H3. The highest BCUT2D eigenvalue weighted by Crippen LogP contribution is 2.04. The van der Waals surface area contributed by atoms with Crippen LogP contribution in [0.4, 0.5) is 0 Å². The molecule has 0 fully saturated rings. The highest BCUT2D eigenvalue weighted by Gasteiger charge is 2.19. The molecule has 18 heavy (non-hydrogen) atoms. The molecule has 0 saturated heterocycles. The summed E-state index contributed by atoms with van der Waals surface area (Å²) in [6.45, 7) is 5.76. The predicted octanol–water partition coefficient (Wildman–Crippen LogP) is 0.659. The van der Waals surface area contributed by atoms with E-state index in [1.807, 2.05) is 0 Å². The molecular weight excluding hydrogens is 240 g/mol. The third kappa shape index (κ3) is 8.03. The van der Waals surface area contributed by atoms with E-state index in [0.29, 0.717) is 6.42 Å². The average molecular weight is 262 g/mol. The quantitative estimate of drug-likeness (QED) is 0.485. The molecule has 0 spiro atoms. The topological polar surface area (TPSA) is 82.1 Å². The van der Waals surface area contributed by atoms with Crippen molar-refractivity contribution < 1.29 is 28.9 Å². The molecule has 0 rings (SSSR count). The van der Waals surface area contributed by atoms with Gasteiger partial charge in [0.15, 0.2) is 6.10 Å². The largest absolute Gasteiger partial charge is 0.464 e. The van der Waals surface area contributed by atoms with Gasteiger partial charge in [0.1, 0.15) is 6.61 Å². The van der Waals surface area contributed by atoms with Crippen LogP contribution in [0.1, 0.15) is 33.6 Å². The van der Waals surface area contributed by atoms with E-state index < -0.39 is 12.1 Å². The minimum absolute atomic E-state index is 0.153. The molecule has 0 saturated carbocycles. The van der Waals surface area contributed by atoms with Crippen LogP contribution in [0.5, 0.6) is 0 Å². The Bertz CT molecular complexity index is 253. The first-order valence-electron chi connectivity index (χ1n) is 6.13. The number of aliphatic hydroxyl groups is 1. The summed E-state index contributed by atoms with van der Waals surface area (Å²) in [5, 5.41) is 9.46. The number of carbonyl (C=O) groups is 2. The fourth-order valence-corrected chi connectivity index (χ4v) is 1.22. The van der Waals surface area contributed by atoms with Crippen molar-refractivity contribution in [2.45, 2.75) is 45.8 Å². The summed E-state index contributed by atoms with van der Waals surface area (Å²) in [6, 6.07) is 0. The molecule has 6 nitrogen and oxygen atoms in total. The van der Waals surface area contributed by atoms with E-state index in [0.717, 1.165) is 0 Å². The number of esters is 2. The SMILES string of the molecule is CCOC(=O)C(O)CC(C)OCCOC(=O)CC. The second kappa shape index (κ2) is 9.85. The predicted molar refractivity (Wildman–Crippen MR) is 63.9 cm³/mol. The Balaban J connectivity index is 3.67. The summed E-state index contributed by atoms with van der Waals surface area (Å²) in [5.41, 5.74) is 0. The van der Waals surface area contributed by atoms with Crippen LogP contribution < -0.4 is 0 Å². The van der Waals surface area contributed by atoms with Gasteiger partial charge in [-0.1, -0.05) is 6.92 Å². The van der Waals surface area contributed by atoms with Crippen molar-refractivity contribution in [3.63, 3.8) is 0 Å². The molecule has 0 radical (unpaired) electrons. The van der Waals surface area contributed by atoms with Gasteiger partial charge in [-0.2, -0.15) is 0 Å². The van der Waals surface area contributed by atoms with Crippen LogP contribution in [0.3, 0.4) is 0 Å². The smallest absolute Gasteiger partial charge is 0.335 e. The van der Waals surface area contributed by atoms with Crippen LogP contribution in [-0.2, 0) is 23.8 Å². The first-order valence-corrected chi connectivity index (χ1v) is 6.13. The molecule has 2 unspecified atom stereocenters. The number of carbonyl (C=O) groups excluding carboxylic acids is 2. The summed E-state index contributed by atoms with van der Waals surface area (Å²) >= 11 is 0. The molecule has 0 heterocycles. The van der Waals surface area contributed by atoms with E-state index in [4.69, 9.17) is 9.47 Å². The highest BCUT2D eigenvalue weighted by atomic mass is 16.6. The Kier molecular flexibility index (Phi) is 9.22. The molecule has 1 N–H and O–H groups in total. The van der Waals surface area contributed by atoms with E-state index >= 15 is 0 Å². The Morgan fingerprint density at radius 2 is 1.83 bits per heavy atom. The van der Waals surface area contributed by atoms with Crippen molar-refractivity contribution >= 4 is 11.9 Å². The number of ether oxygens (including phenoxy) is 3. The van der Waals surface area contributed by atoms with Crippen LogP contribution in [0.25, 0.3) is 0 Å². The lowest BCUT2D eigenvalue weighted by Gasteiger charge is -2.16. The monoisotopic (exact) mass is 262 g/mol. The molecule has 0 aromatic rings. The van der Waals surface area contributed by atoms with Gasteiger partial charge in [0.05, 0.1) is 19.3 Å². The van der Waals surface area contributed by atoms with Gasteiger partial charge < -0.3 is 19.3 Å². The molecule has 106 valence electrons. The fourth-order valence-electron chi connectivity index (χ4n) is 1.22. The van der Waals surface area contributed by atoms with Gasteiger partial charge in [0.25, 0.3) is 0 Å². The van der Waals surface area contributed by atoms with Crippen LogP contribution >= 0.6 is 0 Å². The van der Waals surface area contributed by atoms with E-state index in [-0.39, 0.29) is 38.3 Å². The van der Waals surface area contributed by atoms with Crippen molar-refractivity contribution in [1.29, 1.82) is 0 Å². The van der Waals surface area contributed by atoms with E-state index in [1.54, 1.807) is 20.8 Å². The Morgan fingerprint density at radius 1 is 1.17 bits per heavy atom. The molecule has 0 aromatic heterocycles. The molecular formula is C12H22O6. The number of hydrogen-bond donors (Lipinski definition) is 1. The fraction of sp³-hybridized carbons (Fsp3) is 0.833. The lowest BCUT2D eigenvalue weighted by atomic mass is 10.2. The Morgan fingerprint density at radius 3 is 2.39 bits per heavy atom. The van der Waals surface area contributed by atoms with Crippen molar-refractivity contribution in [3.05, 3.63) is 0 Å². The van der Waals surface area contributed by atoms with Crippen LogP contribution in [0, 0.1) is 0 Å². The second-order valence-electron chi connectivity index (χ2n) is 3.76. The molecule has 0 amide bonds. The van der Waals surface area contributed by atoms with E-state index in [2.05, 4.69) is 4.74 Å². The maximum atomic E-state index is 11.1. The normalized spacial score (nSPS) is 13.8. The maximum Gasteiger partial charge on any atom is 0.335 e. The van der Waals surface area contributed by atoms with Gasteiger partial charge in [0.2, 0.25) is 0 Å². The Hall–Kier alpha value is -1.14. The second-order valence-corrected chi connectivity index (χ2v) is 3.76. The van der Waals surface area contributed by atoms with Crippen molar-refractivity contribution in [2.75, 3.05) is 19.8 Å². The minimum Gasteiger partial charge on any atom is -0.464 e. The van der Waals surface area contributed by atoms with Gasteiger partial charge in [0, 0.05) is 12.8 Å². The number of rotatable bonds is 9. The average Bonchev–Trinajstić information content (AvgIpc) is 2.34.